The first-order chi connectivity index (χ1) is 8.74. The molecule has 3 nitrogen and oxygen atoms in total. The average molecular weight is 251 g/mol. The molecule has 0 aliphatic rings. The Morgan fingerprint density at radius 3 is 2.61 bits per heavy atom. The van der Waals surface area contributed by atoms with Gasteiger partial charge in [-0.3, -0.25) is 4.68 Å². The van der Waals surface area contributed by atoms with Crippen LogP contribution in [0.3, 0.4) is 0 Å². The minimum absolute atomic E-state index is 0.648. The highest BCUT2D eigenvalue weighted by atomic mass is 15.3. The summed E-state index contributed by atoms with van der Waals surface area (Å²) in [6.07, 6.45) is 5.80. The Bertz CT molecular complexity index is 330. The maximum atomic E-state index is 4.61. The van der Waals surface area contributed by atoms with Gasteiger partial charge in [-0.15, -0.1) is 0 Å². The summed E-state index contributed by atoms with van der Waals surface area (Å²) in [6, 6.07) is 2.92. The third kappa shape index (κ3) is 4.45. The molecule has 0 amide bonds. The van der Waals surface area contributed by atoms with E-state index in [1.54, 1.807) is 0 Å². The van der Waals surface area contributed by atoms with Gasteiger partial charge in [0.05, 0.1) is 5.69 Å². The zero-order valence-electron chi connectivity index (χ0n) is 12.5. The molecule has 0 saturated heterocycles. The Balaban J connectivity index is 2.52. The molecular formula is C15H29N3. The van der Waals surface area contributed by atoms with E-state index < -0.39 is 0 Å². The number of nitrogens with one attached hydrogen (secondary N) is 1. The highest BCUT2D eigenvalue weighted by Crippen LogP contribution is 2.10. The molecule has 18 heavy (non-hydrogen) atoms. The van der Waals surface area contributed by atoms with Crippen molar-refractivity contribution in [2.75, 3.05) is 6.54 Å². The summed E-state index contributed by atoms with van der Waals surface area (Å²) in [5.74, 6) is 0. The molecule has 1 atom stereocenters. The molecule has 0 aliphatic heterocycles. The van der Waals surface area contributed by atoms with Crippen molar-refractivity contribution in [2.45, 2.75) is 72.4 Å². The van der Waals surface area contributed by atoms with E-state index in [1.807, 2.05) is 0 Å². The highest BCUT2D eigenvalue weighted by Gasteiger charge is 2.09. The molecule has 1 aromatic rings. The van der Waals surface area contributed by atoms with Gasteiger partial charge in [0.15, 0.2) is 0 Å². The number of hydrogen-bond acceptors (Lipinski definition) is 2. The molecule has 104 valence electrons. The molecule has 0 aromatic carbocycles. The van der Waals surface area contributed by atoms with Gasteiger partial charge in [-0.25, -0.2) is 0 Å². The van der Waals surface area contributed by atoms with Gasteiger partial charge in [-0.1, -0.05) is 20.8 Å². The third-order valence-electron chi connectivity index (χ3n) is 3.50. The van der Waals surface area contributed by atoms with Crippen LogP contribution in [0.15, 0.2) is 6.07 Å². The fourth-order valence-electron chi connectivity index (χ4n) is 2.28. The average Bonchev–Trinajstić information content (AvgIpc) is 2.81. The van der Waals surface area contributed by atoms with Gasteiger partial charge in [-0.05, 0) is 51.6 Å². The Morgan fingerprint density at radius 1 is 1.28 bits per heavy atom. The van der Waals surface area contributed by atoms with Crippen LogP contribution in [0.2, 0.25) is 0 Å². The molecular weight excluding hydrogens is 222 g/mol. The van der Waals surface area contributed by atoms with Crippen molar-refractivity contribution >= 4 is 0 Å². The largest absolute Gasteiger partial charge is 0.314 e. The van der Waals surface area contributed by atoms with Gasteiger partial charge in [0.1, 0.15) is 0 Å². The zero-order chi connectivity index (χ0) is 13.4. The molecule has 1 N–H and O–H groups in total. The Morgan fingerprint density at radius 2 is 2.06 bits per heavy atom. The van der Waals surface area contributed by atoms with Crippen molar-refractivity contribution in [1.29, 1.82) is 0 Å². The van der Waals surface area contributed by atoms with E-state index in [0.717, 1.165) is 25.9 Å². The van der Waals surface area contributed by atoms with Crippen LogP contribution in [0.4, 0.5) is 0 Å². The molecule has 0 radical (unpaired) electrons. The SMILES string of the molecule is CCCNC(CC)CCc1cc(CC)nn1CC. The second-order valence-electron chi connectivity index (χ2n) is 4.89. The first-order valence-corrected chi connectivity index (χ1v) is 7.54. The van der Waals surface area contributed by atoms with Crippen molar-refractivity contribution in [1.82, 2.24) is 15.1 Å². The summed E-state index contributed by atoms with van der Waals surface area (Å²) in [6.45, 7) is 10.9. The van der Waals surface area contributed by atoms with Crippen LogP contribution in [0.1, 0.15) is 58.3 Å². The molecule has 1 heterocycles. The van der Waals surface area contributed by atoms with Crippen LogP contribution in [0.25, 0.3) is 0 Å². The Labute approximate surface area is 112 Å². The van der Waals surface area contributed by atoms with Crippen molar-refractivity contribution < 1.29 is 0 Å². The minimum Gasteiger partial charge on any atom is -0.314 e. The number of rotatable bonds is 9. The lowest BCUT2D eigenvalue weighted by atomic mass is 10.1. The highest BCUT2D eigenvalue weighted by molar-refractivity contribution is 5.10. The molecule has 0 fully saturated rings. The lowest BCUT2D eigenvalue weighted by Gasteiger charge is -2.16. The minimum atomic E-state index is 0.648. The van der Waals surface area contributed by atoms with Crippen LogP contribution < -0.4 is 5.32 Å². The zero-order valence-corrected chi connectivity index (χ0v) is 12.5. The van der Waals surface area contributed by atoms with Crippen molar-refractivity contribution in [2.24, 2.45) is 0 Å². The first-order valence-electron chi connectivity index (χ1n) is 7.54. The Kier molecular flexibility index (Phi) is 7.02. The topological polar surface area (TPSA) is 29.9 Å². The molecule has 3 heteroatoms. The normalized spacial score (nSPS) is 12.9. The summed E-state index contributed by atoms with van der Waals surface area (Å²) in [5, 5.41) is 8.23. The number of hydrogen-bond donors (Lipinski definition) is 1. The number of nitrogens with zero attached hydrogens (tertiary/aromatic N) is 2. The maximum Gasteiger partial charge on any atom is 0.0624 e. The van der Waals surface area contributed by atoms with E-state index in [2.05, 4.69) is 48.9 Å². The Hall–Kier alpha value is -0.830. The maximum absolute atomic E-state index is 4.61. The van der Waals surface area contributed by atoms with Crippen molar-refractivity contribution in [3.8, 4) is 0 Å². The second kappa shape index (κ2) is 8.30. The summed E-state index contributed by atoms with van der Waals surface area (Å²) in [5.41, 5.74) is 2.62. The standard InChI is InChI=1S/C15H29N3/c1-5-11-16-13(6-2)9-10-15-12-14(7-3)17-18(15)8-4/h12-13,16H,5-11H2,1-4H3. The summed E-state index contributed by atoms with van der Waals surface area (Å²) in [4.78, 5) is 0. The van der Waals surface area contributed by atoms with Gasteiger partial charge in [0.25, 0.3) is 0 Å². The van der Waals surface area contributed by atoms with E-state index in [1.165, 1.54) is 30.7 Å². The van der Waals surface area contributed by atoms with E-state index >= 15 is 0 Å². The lowest BCUT2D eigenvalue weighted by Crippen LogP contribution is -2.29. The van der Waals surface area contributed by atoms with Crippen LogP contribution in [0, 0.1) is 0 Å². The summed E-state index contributed by atoms with van der Waals surface area (Å²) in [7, 11) is 0. The molecule has 0 aliphatic carbocycles. The molecule has 1 aromatic heterocycles. The fourth-order valence-corrected chi connectivity index (χ4v) is 2.28. The molecule has 0 bridgehead atoms. The van der Waals surface area contributed by atoms with E-state index in [9.17, 15) is 0 Å². The van der Waals surface area contributed by atoms with Crippen molar-refractivity contribution in [3.05, 3.63) is 17.5 Å². The first kappa shape index (κ1) is 15.2. The quantitative estimate of drug-likeness (QED) is 0.730. The van der Waals surface area contributed by atoms with Gasteiger partial charge in [0.2, 0.25) is 0 Å². The molecule has 0 spiro atoms. The lowest BCUT2D eigenvalue weighted by molar-refractivity contribution is 0.460. The van der Waals surface area contributed by atoms with Crippen LogP contribution in [-0.4, -0.2) is 22.4 Å². The monoisotopic (exact) mass is 251 g/mol. The molecule has 0 saturated carbocycles. The van der Waals surface area contributed by atoms with E-state index in [-0.39, 0.29) is 0 Å². The number of aryl methyl sites for hydroxylation is 3. The third-order valence-corrected chi connectivity index (χ3v) is 3.50. The summed E-state index contributed by atoms with van der Waals surface area (Å²) >= 11 is 0. The van der Waals surface area contributed by atoms with Crippen LogP contribution in [-0.2, 0) is 19.4 Å². The smallest absolute Gasteiger partial charge is 0.0624 e. The fraction of sp³-hybridized carbons (Fsp3) is 0.800. The van der Waals surface area contributed by atoms with Crippen LogP contribution >= 0.6 is 0 Å². The van der Waals surface area contributed by atoms with Gasteiger partial charge >= 0.3 is 0 Å². The second-order valence-corrected chi connectivity index (χ2v) is 4.89. The van der Waals surface area contributed by atoms with E-state index in [4.69, 9.17) is 0 Å². The number of aromatic nitrogens is 2. The predicted octanol–water partition coefficient (Wildman–Crippen LogP) is 3.18. The van der Waals surface area contributed by atoms with Gasteiger partial charge in [-0.2, -0.15) is 5.10 Å². The molecule has 1 unspecified atom stereocenters. The summed E-state index contributed by atoms with van der Waals surface area (Å²) < 4.78 is 2.16. The van der Waals surface area contributed by atoms with Crippen molar-refractivity contribution in [3.63, 3.8) is 0 Å². The predicted molar refractivity (Wildman–Crippen MR) is 78.0 cm³/mol. The van der Waals surface area contributed by atoms with Gasteiger partial charge < -0.3 is 5.32 Å². The van der Waals surface area contributed by atoms with Crippen LogP contribution in [0.5, 0.6) is 0 Å². The van der Waals surface area contributed by atoms with E-state index in [0.29, 0.717) is 6.04 Å². The van der Waals surface area contributed by atoms with Gasteiger partial charge in [0, 0.05) is 18.3 Å². The molecule has 1 rings (SSSR count).